The van der Waals surface area contributed by atoms with Gasteiger partial charge in [0.25, 0.3) is 5.70 Å². The minimum absolute atomic E-state index is 0.181. The van der Waals surface area contributed by atoms with E-state index in [-0.39, 0.29) is 11.5 Å². The molecule has 0 bridgehead atoms. The van der Waals surface area contributed by atoms with E-state index in [0.29, 0.717) is 5.56 Å². The van der Waals surface area contributed by atoms with Crippen molar-refractivity contribution in [1.29, 1.82) is 0 Å². The first-order valence-electron chi connectivity index (χ1n) is 6.27. The molecule has 1 saturated heterocycles. The lowest BCUT2D eigenvalue weighted by molar-refractivity contribution is 0.103. The minimum Gasteiger partial charge on any atom is -0.397 e. The molecule has 0 unspecified atom stereocenters. The fourth-order valence-electron chi connectivity index (χ4n) is 1.78. The number of carbonyl (C=O) groups excluding carboxylic acids is 1. The molecule has 0 amide bonds. The number of ketones is 1. The Morgan fingerprint density at radius 3 is 2.44 bits per heavy atom. The molecule has 18 heavy (non-hydrogen) atoms. The van der Waals surface area contributed by atoms with Crippen molar-refractivity contribution in [2.24, 2.45) is 0 Å². The van der Waals surface area contributed by atoms with Gasteiger partial charge in [0, 0.05) is 17.8 Å². The number of Topliss-reactive ketones (excluding diaryl/α,β-unsaturated/α-hetero) is 1. The van der Waals surface area contributed by atoms with Crippen LogP contribution >= 0.6 is 0 Å². The summed E-state index contributed by atoms with van der Waals surface area (Å²) in [5, 5.41) is 3.10. The van der Waals surface area contributed by atoms with Crippen LogP contribution in [0.1, 0.15) is 37.0 Å². The highest BCUT2D eigenvalue weighted by molar-refractivity contribution is 6.10. The van der Waals surface area contributed by atoms with Gasteiger partial charge in [-0.2, -0.15) is 0 Å². The summed E-state index contributed by atoms with van der Waals surface area (Å²) in [6.45, 7) is 12.0. The Hall–Kier alpha value is -2.08. The maximum atomic E-state index is 12.1. The van der Waals surface area contributed by atoms with E-state index in [1.54, 1.807) is 12.1 Å². The summed E-state index contributed by atoms with van der Waals surface area (Å²) in [5.74, 6) is -0.181. The molecule has 0 radical (unpaired) electrons. The summed E-state index contributed by atoms with van der Waals surface area (Å²) in [6.07, 6.45) is 1.80. The molecule has 1 fully saturated rings. The fraction of sp³-hybridized carbons (Fsp3) is 0.333. The predicted molar refractivity (Wildman–Crippen MR) is 73.0 cm³/mol. The molecule has 1 aliphatic rings. The minimum atomic E-state index is -0.181. The molecule has 1 N–H and O–H groups in total. The van der Waals surface area contributed by atoms with Crippen molar-refractivity contribution in [3.8, 4) is 0 Å². The Labute approximate surface area is 108 Å². The molecule has 2 rings (SSSR count). The van der Waals surface area contributed by atoms with Crippen molar-refractivity contribution in [2.45, 2.75) is 26.7 Å². The van der Waals surface area contributed by atoms with Crippen LogP contribution in [0.2, 0.25) is 0 Å². The smallest absolute Gasteiger partial charge is 0.252 e. The van der Waals surface area contributed by atoms with Crippen molar-refractivity contribution in [3.63, 3.8) is 0 Å². The number of benzene rings is 1. The normalized spacial score (nSPS) is 15.8. The van der Waals surface area contributed by atoms with Crippen molar-refractivity contribution in [1.82, 2.24) is 5.32 Å². The summed E-state index contributed by atoms with van der Waals surface area (Å²) >= 11 is 0. The van der Waals surface area contributed by atoms with Crippen LogP contribution in [0.4, 0.5) is 0 Å². The van der Waals surface area contributed by atoms with Crippen molar-refractivity contribution in [3.05, 3.63) is 58.7 Å². The second-order valence-electron chi connectivity index (χ2n) is 3.66. The van der Waals surface area contributed by atoms with E-state index in [2.05, 4.69) is 10.2 Å². The maximum absolute atomic E-state index is 12.1. The molecule has 1 aromatic carbocycles. The van der Waals surface area contributed by atoms with Gasteiger partial charge in [-0.15, -0.1) is 0 Å². The van der Waals surface area contributed by atoms with E-state index in [0.717, 1.165) is 25.1 Å². The first-order valence-corrected chi connectivity index (χ1v) is 6.27. The fourth-order valence-corrected chi connectivity index (χ4v) is 1.78. The number of nitrogens with zero attached hydrogens (tertiary/aromatic N) is 1. The van der Waals surface area contributed by atoms with Crippen LogP contribution < -0.4 is 5.32 Å². The van der Waals surface area contributed by atoms with Gasteiger partial charge in [0.2, 0.25) is 0 Å². The summed E-state index contributed by atoms with van der Waals surface area (Å²) in [4.78, 5) is 15.4. The molecule has 1 aliphatic heterocycles. The Balaban J connectivity index is 0.000000771. The number of rotatable bonds is 2. The number of hydrogen-bond acceptors (Lipinski definition) is 2. The van der Waals surface area contributed by atoms with E-state index in [4.69, 9.17) is 6.57 Å². The SMILES string of the molecule is CC.[C-]#[N+]/C(C(=O)c1ccccc1)=C1\CCCN1. The zero-order valence-corrected chi connectivity index (χ0v) is 10.9. The highest BCUT2D eigenvalue weighted by Gasteiger charge is 2.19. The summed E-state index contributed by atoms with van der Waals surface area (Å²) in [6, 6.07) is 8.95. The summed E-state index contributed by atoms with van der Waals surface area (Å²) < 4.78 is 0. The Bertz CT molecular complexity index is 461. The van der Waals surface area contributed by atoms with Gasteiger partial charge in [-0.05, 0) is 12.8 Å². The largest absolute Gasteiger partial charge is 0.397 e. The van der Waals surface area contributed by atoms with Gasteiger partial charge < -0.3 is 10.1 Å². The van der Waals surface area contributed by atoms with Crippen LogP contribution in [-0.4, -0.2) is 12.3 Å². The van der Waals surface area contributed by atoms with Gasteiger partial charge in [-0.1, -0.05) is 44.2 Å². The van der Waals surface area contributed by atoms with Crippen molar-refractivity contribution < 1.29 is 4.79 Å². The van der Waals surface area contributed by atoms with Gasteiger partial charge in [0.15, 0.2) is 5.78 Å². The molecule has 0 aromatic heterocycles. The van der Waals surface area contributed by atoms with Crippen LogP contribution in [0.15, 0.2) is 41.7 Å². The number of hydrogen-bond donors (Lipinski definition) is 1. The number of nitrogens with one attached hydrogen (secondary N) is 1. The van der Waals surface area contributed by atoms with E-state index < -0.39 is 0 Å². The zero-order chi connectivity index (χ0) is 13.4. The maximum Gasteiger partial charge on any atom is 0.252 e. The Morgan fingerprint density at radius 2 is 1.94 bits per heavy atom. The topological polar surface area (TPSA) is 33.5 Å². The lowest BCUT2D eigenvalue weighted by atomic mass is 10.1. The number of allylic oxidation sites excluding steroid dienone is 2. The number of carbonyl (C=O) groups is 1. The van der Waals surface area contributed by atoms with Crippen LogP contribution in [-0.2, 0) is 0 Å². The molecule has 3 nitrogen and oxygen atoms in total. The first-order chi connectivity index (χ1) is 8.83. The van der Waals surface area contributed by atoms with Crippen LogP contribution in [0, 0.1) is 6.57 Å². The lowest BCUT2D eigenvalue weighted by Gasteiger charge is -2.03. The molecular formula is C15H18N2O. The Morgan fingerprint density at radius 1 is 1.28 bits per heavy atom. The molecular weight excluding hydrogens is 224 g/mol. The molecule has 0 spiro atoms. The lowest BCUT2D eigenvalue weighted by Crippen LogP contribution is -2.11. The standard InChI is InChI=1S/C13H12N2O.C2H6/c1-14-12(11-8-5-9-15-11)13(16)10-6-3-2-4-7-10;1-2/h2-4,6-7,15H,5,8-9H2;1-2H3/b12-11+;. The average Bonchev–Trinajstić information content (AvgIpc) is 2.97. The third-order valence-corrected chi connectivity index (χ3v) is 2.59. The van der Waals surface area contributed by atoms with E-state index >= 15 is 0 Å². The third-order valence-electron chi connectivity index (χ3n) is 2.59. The van der Waals surface area contributed by atoms with Crippen LogP contribution in [0.5, 0.6) is 0 Å². The monoisotopic (exact) mass is 242 g/mol. The van der Waals surface area contributed by atoms with Gasteiger partial charge >= 0.3 is 0 Å². The van der Waals surface area contributed by atoms with Gasteiger partial charge in [-0.3, -0.25) is 0 Å². The van der Waals surface area contributed by atoms with Crippen molar-refractivity contribution >= 4 is 5.78 Å². The summed E-state index contributed by atoms with van der Waals surface area (Å²) in [7, 11) is 0. The summed E-state index contributed by atoms with van der Waals surface area (Å²) in [5.41, 5.74) is 1.61. The van der Waals surface area contributed by atoms with E-state index in [9.17, 15) is 4.79 Å². The highest BCUT2D eigenvalue weighted by atomic mass is 16.1. The second kappa shape index (κ2) is 7.29. The average molecular weight is 242 g/mol. The molecule has 94 valence electrons. The molecule has 3 heteroatoms. The molecule has 0 saturated carbocycles. The second-order valence-corrected chi connectivity index (χ2v) is 3.66. The molecule has 1 aromatic rings. The quantitative estimate of drug-likeness (QED) is 0.490. The predicted octanol–water partition coefficient (Wildman–Crippen LogP) is 3.41. The third kappa shape index (κ3) is 3.21. The first kappa shape index (κ1) is 14.0. The molecule has 0 atom stereocenters. The Kier molecular flexibility index (Phi) is 5.66. The zero-order valence-electron chi connectivity index (χ0n) is 10.9. The molecule has 0 aliphatic carbocycles. The van der Waals surface area contributed by atoms with Gasteiger partial charge in [-0.25, -0.2) is 4.85 Å². The van der Waals surface area contributed by atoms with E-state index in [1.165, 1.54) is 0 Å². The molecule has 1 heterocycles. The van der Waals surface area contributed by atoms with Gasteiger partial charge in [0.1, 0.15) is 0 Å². The van der Waals surface area contributed by atoms with Crippen molar-refractivity contribution in [2.75, 3.05) is 6.54 Å². The van der Waals surface area contributed by atoms with Crippen LogP contribution in [0.25, 0.3) is 4.85 Å². The highest BCUT2D eigenvalue weighted by Crippen LogP contribution is 2.19. The van der Waals surface area contributed by atoms with E-state index in [1.807, 2.05) is 32.0 Å². The van der Waals surface area contributed by atoms with Crippen LogP contribution in [0.3, 0.4) is 0 Å². The van der Waals surface area contributed by atoms with Gasteiger partial charge in [0.05, 0.1) is 6.57 Å².